The van der Waals surface area contributed by atoms with Crippen LogP contribution in [0.15, 0.2) is 18.2 Å². The molecule has 1 rings (SSSR count). The van der Waals surface area contributed by atoms with Gasteiger partial charge in [0.2, 0.25) is 0 Å². The molecule has 5 nitrogen and oxygen atoms in total. The third-order valence-corrected chi connectivity index (χ3v) is 2.20. The highest BCUT2D eigenvalue weighted by atomic mass is 16.5. The van der Waals surface area contributed by atoms with Gasteiger partial charge in [-0.25, -0.2) is 4.79 Å². The first kappa shape index (κ1) is 11.5. The predicted octanol–water partition coefficient (Wildman–Crippen LogP) is 0.514. The van der Waals surface area contributed by atoms with Gasteiger partial charge in [-0.3, -0.25) is 0 Å². The summed E-state index contributed by atoms with van der Waals surface area (Å²) in [6, 6.07) is 3.91. The van der Waals surface area contributed by atoms with E-state index in [0.717, 1.165) is 0 Å². The highest BCUT2D eigenvalue weighted by Gasteiger charge is 2.28. The van der Waals surface area contributed by atoms with Crippen LogP contribution in [0.2, 0.25) is 0 Å². The molecule has 82 valence electrons. The van der Waals surface area contributed by atoms with Crippen molar-refractivity contribution in [3.8, 4) is 0 Å². The van der Waals surface area contributed by atoms with Gasteiger partial charge in [0, 0.05) is 17.7 Å². The molecule has 0 saturated heterocycles. The van der Waals surface area contributed by atoms with Gasteiger partial charge in [-0.05, 0) is 18.2 Å². The number of aliphatic hydroxyl groups is 2. The molecular formula is C10H13NO4. The second kappa shape index (κ2) is 3.88. The molecular weight excluding hydrogens is 198 g/mol. The van der Waals surface area contributed by atoms with Crippen molar-refractivity contribution >= 4 is 11.7 Å². The minimum atomic E-state index is -2.16. The summed E-state index contributed by atoms with van der Waals surface area (Å²) in [4.78, 5) is 10.8. The van der Waals surface area contributed by atoms with Gasteiger partial charge >= 0.3 is 5.97 Å². The van der Waals surface area contributed by atoms with Gasteiger partial charge in [-0.1, -0.05) is 6.92 Å². The van der Waals surface area contributed by atoms with Gasteiger partial charge in [0.05, 0.1) is 5.56 Å². The molecule has 0 heterocycles. The summed E-state index contributed by atoms with van der Waals surface area (Å²) >= 11 is 0. The number of hydrogen-bond acceptors (Lipinski definition) is 4. The number of carboxylic acids is 1. The largest absolute Gasteiger partial charge is 0.478 e. The first-order valence-corrected chi connectivity index (χ1v) is 4.46. The molecule has 0 spiro atoms. The Kier molecular flexibility index (Phi) is 2.97. The Labute approximate surface area is 86.8 Å². The Morgan fingerprint density at radius 2 is 2.07 bits per heavy atom. The molecule has 15 heavy (non-hydrogen) atoms. The van der Waals surface area contributed by atoms with Crippen molar-refractivity contribution in [2.45, 2.75) is 19.1 Å². The standard InChI is InChI=1S/C10H13NO4/c1-2-10(14,15)8-5-6(11)3-4-7(8)9(12)13/h3-5,14-15H,2,11H2,1H3,(H,12,13). The zero-order valence-electron chi connectivity index (χ0n) is 8.27. The van der Waals surface area contributed by atoms with Crippen LogP contribution in [0.4, 0.5) is 5.69 Å². The molecule has 5 N–H and O–H groups in total. The molecule has 0 aliphatic carbocycles. The molecule has 0 aromatic heterocycles. The molecule has 1 aromatic carbocycles. The van der Waals surface area contributed by atoms with Crippen molar-refractivity contribution < 1.29 is 20.1 Å². The van der Waals surface area contributed by atoms with Crippen LogP contribution in [0.5, 0.6) is 0 Å². The lowest BCUT2D eigenvalue weighted by Crippen LogP contribution is -2.26. The van der Waals surface area contributed by atoms with E-state index in [4.69, 9.17) is 10.8 Å². The molecule has 0 saturated carbocycles. The van der Waals surface area contributed by atoms with Gasteiger partial charge in [-0.15, -0.1) is 0 Å². The number of aromatic carboxylic acids is 1. The van der Waals surface area contributed by atoms with E-state index in [1.165, 1.54) is 25.1 Å². The molecule has 0 unspecified atom stereocenters. The lowest BCUT2D eigenvalue weighted by molar-refractivity contribution is -0.171. The summed E-state index contributed by atoms with van der Waals surface area (Å²) in [5, 5.41) is 28.0. The van der Waals surface area contributed by atoms with Gasteiger partial charge in [0.25, 0.3) is 0 Å². The smallest absolute Gasteiger partial charge is 0.336 e. The first-order chi connectivity index (χ1) is 6.88. The number of nitrogens with two attached hydrogens (primary N) is 1. The Hall–Kier alpha value is -1.59. The van der Waals surface area contributed by atoms with Crippen molar-refractivity contribution in [1.82, 2.24) is 0 Å². The maximum Gasteiger partial charge on any atom is 0.336 e. The van der Waals surface area contributed by atoms with E-state index in [9.17, 15) is 15.0 Å². The fourth-order valence-electron chi connectivity index (χ4n) is 1.27. The monoisotopic (exact) mass is 211 g/mol. The lowest BCUT2D eigenvalue weighted by Gasteiger charge is -2.22. The van der Waals surface area contributed by atoms with Crippen LogP contribution in [0.3, 0.4) is 0 Å². The number of nitrogen functional groups attached to an aromatic ring is 1. The van der Waals surface area contributed by atoms with Gasteiger partial charge in [-0.2, -0.15) is 0 Å². The first-order valence-electron chi connectivity index (χ1n) is 4.46. The molecule has 0 atom stereocenters. The highest BCUT2D eigenvalue weighted by Crippen LogP contribution is 2.27. The minimum absolute atomic E-state index is 0.0171. The summed E-state index contributed by atoms with van der Waals surface area (Å²) in [6.07, 6.45) is -0.0171. The van der Waals surface area contributed by atoms with Gasteiger partial charge in [0.1, 0.15) is 0 Å². The molecule has 0 radical (unpaired) electrons. The Morgan fingerprint density at radius 1 is 1.47 bits per heavy atom. The Morgan fingerprint density at radius 3 is 2.53 bits per heavy atom. The van der Waals surface area contributed by atoms with Crippen molar-refractivity contribution in [2.75, 3.05) is 5.73 Å². The second-order valence-corrected chi connectivity index (χ2v) is 3.28. The Balaban J connectivity index is 3.37. The molecule has 5 heteroatoms. The summed E-state index contributed by atoms with van der Waals surface area (Å²) in [5.74, 6) is -3.38. The number of hydrogen-bond donors (Lipinski definition) is 4. The van der Waals surface area contributed by atoms with E-state index in [1.54, 1.807) is 0 Å². The Bertz CT molecular complexity index is 387. The number of carboxylic acid groups (broad SMARTS) is 1. The van der Waals surface area contributed by atoms with Crippen LogP contribution in [-0.2, 0) is 5.79 Å². The molecule has 0 aliphatic heterocycles. The molecule has 0 amide bonds. The van der Waals surface area contributed by atoms with E-state index in [0.29, 0.717) is 0 Å². The van der Waals surface area contributed by atoms with Crippen molar-refractivity contribution in [3.05, 3.63) is 29.3 Å². The fraction of sp³-hybridized carbons (Fsp3) is 0.300. The number of carbonyl (C=O) groups is 1. The van der Waals surface area contributed by atoms with Crippen LogP contribution in [0.1, 0.15) is 29.3 Å². The molecule has 1 aromatic rings. The molecule has 0 bridgehead atoms. The topological polar surface area (TPSA) is 104 Å². The second-order valence-electron chi connectivity index (χ2n) is 3.28. The summed E-state index contributed by atoms with van der Waals surface area (Å²) in [5.41, 5.74) is 5.51. The third kappa shape index (κ3) is 2.26. The van der Waals surface area contributed by atoms with Crippen LogP contribution in [0.25, 0.3) is 0 Å². The van der Waals surface area contributed by atoms with Crippen LogP contribution >= 0.6 is 0 Å². The van der Waals surface area contributed by atoms with E-state index in [2.05, 4.69) is 0 Å². The highest BCUT2D eigenvalue weighted by molar-refractivity contribution is 5.90. The average molecular weight is 211 g/mol. The van der Waals surface area contributed by atoms with Crippen LogP contribution in [-0.4, -0.2) is 21.3 Å². The van der Waals surface area contributed by atoms with E-state index in [1.807, 2.05) is 0 Å². The number of rotatable bonds is 3. The van der Waals surface area contributed by atoms with Gasteiger partial charge in [0.15, 0.2) is 5.79 Å². The fourth-order valence-corrected chi connectivity index (χ4v) is 1.27. The predicted molar refractivity (Wildman–Crippen MR) is 54.2 cm³/mol. The SMILES string of the molecule is CCC(O)(O)c1cc(N)ccc1C(=O)O. The quantitative estimate of drug-likeness (QED) is 0.431. The zero-order valence-corrected chi connectivity index (χ0v) is 8.27. The van der Waals surface area contributed by atoms with Gasteiger partial charge < -0.3 is 21.1 Å². The van der Waals surface area contributed by atoms with Crippen molar-refractivity contribution in [3.63, 3.8) is 0 Å². The number of benzene rings is 1. The van der Waals surface area contributed by atoms with Crippen LogP contribution in [0, 0.1) is 0 Å². The summed E-state index contributed by atoms with van der Waals surface area (Å²) in [7, 11) is 0. The maximum atomic E-state index is 10.8. The van der Waals surface area contributed by atoms with Crippen molar-refractivity contribution in [2.24, 2.45) is 0 Å². The summed E-state index contributed by atoms with van der Waals surface area (Å²) < 4.78 is 0. The normalized spacial score (nSPS) is 11.4. The average Bonchev–Trinajstić information content (AvgIpc) is 2.17. The van der Waals surface area contributed by atoms with Crippen molar-refractivity contribution in [1.29, 1.82) is 0 Å². The van der Waals surface area contributed by atoms with E-state index < -0.39 is 11.8 Å². The minimum Gasteiger partial charge on any atom is -0.478 e. The summed E-state index contributed by atoms with van der Waals surface area (Å²) in [6.45, 7) is 1.54. The van der Waals surface area contributed by atoms with E-state index in [-0.39, 0.29) is 23.2 Å². The molecule has 0 aliphatic rings. The molecule has 0 fully saturated rings. The maximum absolute atomic E-state index is 10.8. The third-order valence-electron chi connectivity index (χ3n) is 2.20. The zero-order chi connectivity index (χ0) is 11.6. The lowest BCUT2D eigenvalue weighted by atomic mass is 9.97. The van der Waals surface area contributed by atoms with E-state index >= 15 is 0 Å². The number of anilines is 1. The van der Waals surface area contributed by atoms with Crippen LogP contribution < -0.4 is 5.73 Å².